The summed E-state index contributed by atoms with van der Waals surface area (Å²) in [5, 5.41) is 9.66. The summed E-state index contributed by atoms with van der Waals surface area (Å²) >= 11 is 0. The average molecular weight is 260 g/mol. The van der Waals surface area contributed by atoms with E-state index in [-0.39, 0.29) is 6.10 Å². The van der Waals surface area contributed by atoms with Crippen LogP contribution in [0.15, 0.2) is 18.6 Å². The summed E-state index contributed by atoms with van der Waals surface area (Å²) in [6, 6.07) is 1.99. The van der Waals surface area contributed by atoms with Crippen LogP contribution in [0.2, 0.25) is 0 Å². The maximum absolute atomic E-state index is 9.66. The van der Waals surface area contributed by atoms with E-state index >= 15 is 0 Å². The van der Waals surface area contributed by atoms with Crippen molar-refractivity contribution in [3.8, 4) is 0 Å². The highest BCUT2D eigenvalue weighted by Gasteiger charge is 2.24. The molecule has 2 aromatic rings. The molecule has 19 heavy (non-hydrogen) atoms. The number of anilines is 1. The zero-order valence-electron chi connectivity index (χ0n) is 11.5. The van der Waals surface area contributed by atoms with E-state index < -0.39 is 0 Å². The molecule has 5 nitrogen and oxygen atoms in total. The number of aliphatic hydroxyl groups excluding tert-OH is 1. The topological polar surface area (TPSA) is 54.2 Å². The van der Waals surface area contributed by atoms with Gasteiger partial charge in [0.25, 0.3) is 0 Å². The minimum absolute atomic E-state index is 0.208. The van der Waals surface area contributed by atoms with E-state index in [0.29, 0.717) is 5.92 Å². The first kappa shape index (κ1) is 12.4. The minimum atomic E-state index is -0.208. The van der Waals surface area contributed by atoms with Crippen molar-refractivity contribution >= 4 is 16.9 Å². The van der Waals surface area contributed by atoms with Gasteiger partial charge in [0, 0.05) is 26.3 Å². The maximum atomic E-state index is 9.66. The van der Waals surface area contributed by atoms with Crippen molar-refractivity contribution in [1.29, 1.82) is 0 Å². The third-order valence-electron chi connectivity index (χ3n) is 4.15. The van der Waals surface area contributed by atoms with Crippen LogP contribution in [0.25, 0.3) is 11.0 Å². The Morgan fingerprint density at radius 3 is 2.74 bits per heavy atom. The Morgan fingerprint density at radius 1 is 1.32 bits per heavy atom. The predicted molar refractivity (Wildman–Crippen MR) is 75.1 cm³/mol. The minimum Gasteiger partial charge on any atom is -0.393 e. The van der Waals surface area contributed by atoms with Crippen LogP contribution in [-0.2, 0) is 7.05 Å². The molecule has 102 valence electrons. The average Bonchev–Trinajstić information content (AvgIpc) is 2.81. The van der Waals surface area contributed by atoms with E-state index in [1.807, 2.05) is 37.1 Å². The summed E-state index contributed by atoms with van der Waals surface area (Å²) < 4.78 is 2.02. The molecule has 1 aliphatic heterocycles. The second-order valence-electron chi connectivity index (χ2n) is 5.42. The summed E-state index contributed by atoms with van der Waals surface area (Å²) in [4.78, 5) is 11.2. The lowest BCUT2D eigenvalue weighted by molar-refractivity contribution is 0.110. The van der Waals surface area contributed by atoms with E-state index in [1.165, 1.54) is 0 Å². The zero-order valence-corrected chi connectivity index (χ0v) is 11.5. The molecule has 0 radical (unpaired) electrons. The second kappa shape index (κ2) is 4.81. The normalized spacial score (nSPS) is 19.0. The van der Waals surface area contributed by atoms with Gasteiger partial charge in [0.15, 0.2) is 5.82 Å². The van der Waals surface area contributed by atoms with Crippen molar-refractivity contribution in [2.24, 2.45) is 13.0 Å². The van der Waals surface area contributed by atoms with Crippen LogP contribution in [-0.4, -0.2) is 38.8 Å². The molecule has 0 bridgehead atoms. The fourth-order valence-corrected chi connectivity index (χ4v) is 2.87. The van der Waals surface area contributed by atoms with Crippen molar-refractivity contribution in [1.82, 2.24) is 14.5 Å². The first-order valence-electron chi connectivity index (χ1n) is 6.86. The molecule has 0 aromatic carbocycles. The molecule has 3 rings (SSSR count). The lowest BCUT2D eigenvalue weighted by atomic mass is 9.92. The van der Waals surface area contributed by atoms with Crippen LogP contribution in [0, 0.1) is 5.92 Å². The molecule has 0 saturated carbocycles. The largest absolute Gasteiger partial charge is 0.393 e. The smallest absolute Gasteiger partial charge is 0.156 e. The van der Waals surface area contributed by atoms with E-state index in [1.54, 1.807) is 0 Å². The number of piperidine rings is 1. The van der Waals surface area contributed by atoms with Crippen molar-refractivity contribution in [3.05, 3.63) is 18.6 Å². The number of aryl methyl sites for hydroxylation is 1. The van der Waals surface area contributed by atoms with Crippen LogP contribution >= 0.6 is 0 Å². The third-order valence-corrected chi connectivity index (χ3v) is 4.15. The van der Waals surface area contributed by atoms with Crippen LogP contribution in [0.1, 0.15) is 19.8 Å². The number of imidazole rings is 1. The molecule has 0 amide bonds. The molecule has 1 unspecified atom stereocenters. The Bertz CT molecular complexity index is 570. The van der Waals surface area contributed by atoms with Gasteiger partial charge in [-0.25, -0.2) is 9.97 Å². The second-order valence-corrected chi connectivity index (χ2v) is 5.42. The fourth-order valence-electron chi connectivity index (χ4n) is 2.87. The summed E-state index contributed by atoms with van der Waals surface area (Å²) in [7, 11) is 2.00. The van der Waals surface area contributed by atoms with Crippen molar-refractivity contribution < 1.29 is 5.11 Å². The van der Waals surface area contributed by atoms with Crippen molar-refractivity contribution in [2.75, 3.05) is 18.0 Å². The zero-order chi connectivity index (χ0) is 13.4. The number of nitrogens with zero attached hydrogens (tertiary/aromatic N) is 4. The number of fused-ring (bicyclic) bond motifs is 1. The van der Waals surface area contributed by atoms with Crippen LogP contribution in [0.3, 0.4) is 0 Å². The molecule has 0 spiro atoms. The van der Waals surface area contributed by atoms with E-state index in [2.05, 4.69) is 14.9 Å². The Balaban J connectivity index is 1.86. The Morgan fingerprint density at radius 2 is 2.05 bits per heavy atom. The van der Waals surface area contributed by atoms with E-state index in [0.717, 1.165) is 42.8 Å². The van der Waals surface area contributed by atoms with Gasteiger partial charge in [-0.15, -0.1) is 0 Å². The highest BCUT2D eigenvalue weighted by Crippen LogP contribution is 2.28. The van der Waals surface area contributed by atoms with Gasteiger partial charge < -0.3 is 14.6 Å². The predicted octanol–water partition coefficient (Wildman–Crippen LogP) is 1.57. The number of pyridine rings is 1. The summed E-state index contributed by atoms with van der Waals surface area (Å²) in [5.74, 6) is 1.39. The highest BCUT2D eigenvalue weighted by molar-refractivity contribution is 5.86. The van der Waals surface area contributed by atoms with Crippen molar-refractivity contribution in [2.45, 2.75) is 25.9 Å². The molecule has 0 aliphatic carbocycles. The lowest BCUT2D eigenvalue weighted by Gasteiger charge is -2.34. The molecule has 5 heteroatoms. The highest BCUT2D eigenvalue weighted by atomic mass is 16.3. The van der Waals surface area contributed by atoms with Gasteiger partial charge >= 0.3 is 0 Å². The van der Waals surface area contributed by atoms with Gasteiger partial charge in [-0.05, 0) is 31.7 Å². The monoisotopic (exact) mass is 260 g/mol. The first-order valence-corrected chi connectivity index (χ1v) is 6.86. The number of rotatable bonds is 2. The Hall–Kier alpha value is -1.62. The molecule has 1 N–H and O–H groups in total. The number of aliphatic hydroxyl groups is 1. The third kappa shape index (κ3) is 2.18. The molecule has 3 heterocycles. The van der Waals surface area contributed by atoms with Gasteiger partial charge in [0.2, 0.25) is 0 Å². The molecule has 2 aromatic heterocycles. The summed E-state index contributed by atoms with van der Waals surface area (Å²) in [5.41, 5.74) is 2.09. The van der Waals surface area contributed by atoms with Gasteiger partial charge in [-0.1, -0.05) is 0 Å². The van der Waals surface area contributed by atoms with Gasteiger partial charge in [-0.3, -0.25) is 0 Å². The Kier molecular flexibility index (Phi) is 3.14. The standard InChI is InChI=1S/C14H20N4O/c1-10(19)11-4-7-18(8-5-11)14-13-12(3-6-15-14)17(2)9-16-13/h3,6,9-11,19H,4-5,7-8H2,1-2H3. The quantitative estimate of drug-likeness (QED) is 0.890. The number of hydrogen-bond donors (Lipinski definition) is 1. The number of hydrogen-bond acceptors (Lipinski definition) is 4. The summed E-state index contributed by atoms with van der Waals surface area (Å²) in [6.45, 7) is 3.77. The van der Waals surface area contributed by atoms with E-state index in [9.17, 15) is 5.11 Å². The Labute approximate surface area is 112 Å². The van der Waals surface area contributed by atoms with Gasteiger partial charge in [0.1, 0.15) is 5.52 Å². The van der Waals surface area contributed by atoms with Gasteiger partial charge in [-0.2, -0.15) is 0 Å². The molecule has 1 aliphatic rings. The maximum Gasteiger partial charge on any atom is 0.156 e. The van der Waals surface area contributed by atoms with Crippen molar-refractivity contribution in [3.63, 3.8) is 0 Å². The van der Waals surface area contributed by atoms with Gasteiger partial charge in [0.05, 0.1) is 17.9 Å². The molecule has 1 atom stereocenters. The van der Waals surface area contributed by atoms with Crippen LogP contribution in [0.4, 0.5) is 5.82 Å². The number of aromatic nitrogens is 3. The molecular weight excluding hydrogens is 240 g/mol. The van der Waals surface area contributed by atoms with Crippen LogP contribution < -0.4 is 4.90 Å². The van der Waals surface area contributed by atoms with E-state index in [4.69, 9.17) is 0 Å². The van der Waals surface area contributed by atoms with Crippen LogP contribution in [0.5, 0.6) is 0 Å². The molecular formula is C14H20N4O. The lowest BCUT2D eigenvalue weighted by Crippen LogP contribution is -2.37. The fraction of sp³-hybridized carbons (Fsp3) is 0.571. The first-order chi connectivity index (χ1) is 9.16. The molecule has 1 fully saturated rings. The summed E-state index contributed by atoms with van der Waals surface area (Å²) in [6.07, 6.45) is 5.50. The SMILES string of the molecule is CC(O)C1CCN(c2nccc3c2ncn3C)CC1. The molecule has 1 saturated heterocycles.